The normalized spacial score (nSPS) is 16.4. The standard InChI is InChI=1S/C62H69Cl3N10O6S/c1-71(26-6-25-66-61-53-7-2-3-8-54(53)67-59(68-61)43-72-27-29-73(30-28-72)60(45-11-17-48(63)18-12-45)46-13-19-49(64)20-14-46)31-33-77-35-37-79-39-40-80-38-36-78-34-32-74-42-51(69-70-74)44-81-52-22-15-47(16-23-52)62(76)75-55-9-4-5-10-57(55)82-58-24-21-50(65)41-56(58)75/h2-5,7-24,41-42,56,58,60H,6,25-40,43-44H2,1H3,(H,66,67,68). The van der Waals surface area contributed by atoms with E-state index in [1.165, 1.54) is 11.1 Å². The first kappa shape index (κ1) is 59.2. The predicted molar refractivity (Wildman–Crippen MR) is 326 cm³/mol. The Labute approximate surface area is 499 Å². The summed E-state index contributed by atoms with van der Waals surface area (Å²) in [5.74, 6) is 2.23. The van der Waals surface area contributed by atoms with Crippen molar-refractivity contribution in [1.29, 1.82) is 0 Å². The third kappa shape index (κ3) is 16.4. The highest BCUT2D eigenvalue weighted by Crippen LogP contribution is 2.45. The highest BCUT2D eigenvalue weighted by molar-refractivity contribution is 8.00. The Kier molecular flexibility index (Phi) is 21.7. The van der Waals surface area contributed by atoms with Crippen LogP contribution in [0.5, 0.6) is 5.75 Å². The molecule has 1 aliphatic carbocycles. The number of fused-ring (bicyclic) bond motifs is 3. The second kappa shape index (κ2) is 30.1. The van der Waals surface area contributed by atoms with E-state index in [1.54, 1.807) is 40.7 Å². The lowest BCUT2D eigenvalue weighted by molar-refractivity contribution is -0.00424. The molecule has 1 saturated heterocycles. The van der Waals surface area contributed by atoms with Gasteiger partial charge in [0.1, 0.15) is 29.7 Å². The smallest absolute Gasteiger partial charge is 0.258 e. The van der Waals surface area contributed by atoms with Gasteiger partial charge in [0.2, 0.25) is 0 Å². The molecule has 2 aromatic heterocycles. The number of halogens is 3. The van der Waals surface area contributed by atoms with Gasteiger partial charge in [-0.25, -0.2) is 14.6 Å². The number of ether oxygens (including phenoxy) is 5. The van der Waals surface area contributed by atoms with Gasteiger partial charge in [-0.3, -0.25) is 19.5 Å². The molecule has 2 unspecified atom stereocenters. The lowest BCUT2D eigenvalue weighted by atomic mass is 9.96. The first-order valence-corrected chi connectivity index (χ1v) is 29.9. The number of thioether (sulfide) groups is 1. The first-order chi connectivity index (χ1) is 40.2. The third-order valence-electron chi connectivity index (χ3n) is 14.5. The molecule has 1 N–H and O–H groups in total. The van der Waals surface area contributed by atoms with Crippen molar-refractivity contribution < 1.29 is 28.5 Å². The Morgan fingerprint density at radius 2 is 1.40 bits per heavy atom. The monoisotopic (exact) mass is 1190 g/mol. The zero-order chi connectivity index (χ0) is 56.5. The van der Waals surface area contributed by atoms with Gasteiger partial charge >= 0.3 is 0 Å². The number of nitrogens with one attached hydrogen (secondary N) is 1. The number of para-hydroxylation sites is 2. The van der Waals surface area contributed by atoms with Crippen molar-refractivity contribution in [3.8, 4) is 5.75 Å². The van der Waals surface area contributed by atoms with E-state index in [0.29, 0.717) is 88.0 Å². The molecule has 4 heterocycles. The minimum absolute atomic E-state index is 0.0808. The fraction of sp³-hybridized carbons (Fsp3) is 0.371. The Balaban J connectivity index is 0.542. The van der Waals surface area contributed by atoms with Crippen molar-refractivity contribution in [1.82, 2.24) is 39.7 Å². The van der Waals surface area contributed by atoms with Crippen LogP contribution < -0.4 is 15.0 Å². The Morgan fingerprint density at radius 3 is 2.12 bits per heavy atom. The second-order valence-corrected chi connectivity index (χ2v) is 22.8. The summed E-state index contributed by atoms with van der Waals surface area (Å²) in [6, 6.07) is 39.7. The summed E-state index contributed by atoms with van der Waals surface area (Å²) in [6.07, 6.45) is 8.71. The van der Waals surface area contributed by atoms with Crippen LogP contribution in [0, 0.1) is 0 Å². The molecule has 20 heteroatoms. The number of rotatable bonds is 29. The zero-order valence-corrected chi connectivity index (χ0v) is 49.1. The average Bonchev–Trinajstić information content (AvgIpc) is 3.76. The number of aromatic nitrogens is 5. The molecule has 2 aliphatic heterocycles. The fourth-order valence-corrected chi connectivity index (χ4v) is 11.9. The van der Waals surface area contributed by atoms with Crippen LogP contribution in [-0.4, -0.2) is 163 Å². The summed E-state index contributed by atoms with van der Waals surface area (Å²) in [4.78, 5) is 34.2. The number of likely N-dealkylation sites (N-methyl/N-ethyl adjacent to an activating group) is 1. The highest BCUT2D eigenvalue weighted by atomic mass is 35.5. The fourth-order valence-electron chi connectivity index (χ4n) is 10.2. The molecule has 0 spiro atoms. The lowest BCUT2D eigenvalue weighted by Gasteiger charge is -2.40. The van der Waals surface area contributed by atoms with Gasteiger partial charge in [-0.15, -0.1) is 16.9 Å². The summed E-state index contributed by atoms with van der Waals surface area (Å²) in [5, 5.41) is 15.3. The second-order valence-electron chi connectivity index (χ2n) is 20.3. The zero-order valence-electron chi connectivity index (χ0n) is 46.0. The number of carbonyl (C=O) groups excluding carboxylic acids is 1. The number of hydrogen-bond donors (Lipinski definition) is 1. The van der Waals surface area contributed by atoms with E-state index >= 15 is 0 Å². The van der Waals surface area contributed by atoms with Gasteiger partial charge in [-0.1, -0.05) is 94.6 Å². The first-order valence-electron chi connectivity index (χ1n) is 27.9. The van der Waals surface area contributed by atoms with E-state index in [0.717, 1.165) is 95.4 Å². The molecule has 10 rings (SSSR count). The number of amides is 1. The average molecular weight is 1190 g/mol. The van der Waals surface area contributed by atoms with Crippen molar-refractivity contribution in [2.45, 2.75) is 48.3 Å². The molecule has 82 heavy (non-hydrogen) atoms. The van der Waals surface area contributed by atoms with Crippen LogP contribution in [0.1, 0.15) is 45.5 Å². The molecule has 3 aliphatic rings. The molecule has 5 aromatic carbocycles. The maximum absolute atomic E-state index is 13.9. The van der Waals surface area contributed by atoms with Crippen molar-refractivity contribution in [2.75, 3.05) is 116 Å². The molecular formula is C62H69Cl3N10O6S. The van der Waals surface area contributed by atoms with Crippen molar-refractivity contribution in [3.05, 3.63) is 189 Å². The van der Waals surface area contributed by atoms with E-state index in [4.69, 9.17) is 68.5 Å². The summed E-state index contributed by atoms with van der Waals surface area (Å²) in [5.41, 5.74) is 5.49. The molecule has 0 radical (unpaired) electrons. The number of anilines is 2. The molecule has 16 nitrogen and oxygen atoms in total. The van der Waals surface area contributed by atoms with Gasteiger partial charge in [0.15, 0.2) is 0 Å². The molecule has 430 valence electrons. The van der Waals surface area contributed by atoms with Gasteiger partial charge < -0.3 is 33.9 Å². The van der Waals surface area contributed by atoms with Crippen molar-refractivity contribution in [2.24, 2.45) is 0 Å². The molecule has 1 amide bonds. The molecule has 1 fully saturated rings. The van der Waals surface area contributed by atoms with Crippen molar-refractivity contribution in [3.63, 3.8) is 0 Å². The van der Waals surface area contributed by atoms with Crippen LogP contribution in [0.2, 0.25) is 10.0 Å². The number of nitrogens with zero attached hydrogens (tertiary/aromatic N) is 9. The molecule has 0 saturated carbocycles. The van der Waals surface area contributed by atoms with Gasteiger partial charge in [0.05, 0.1) is 101 Å². The van der Waals surface area contributed by atoms with E-state index in [1.807, 2.05) is 83.9 Å². The number of carbonyl (C=O) groups is 1. The summed E-state index contributed by atoms with van der Waals surface area (Å²) >= 11 is 20.7. The van der Waals surface area contributed by atoms with Crippen LogP contribution in [0.25, 0.3) is 10.9 Å². The van der Waals surface area contributed by atoms with Crippen LogP contribution in [0.4, 0.5) is 11.5 Å². The van der Waals surface area contributed by atoms with Crippen LogP contribution >= 0.6 is 46.6 Å². The number of hydrogen-bond acceptors (Lipinski definition) is 15. The molecule has 7 aromatic rings. The Morgan fingerprint density at radius 1 is 0.744 bits per heavy atom. The van der Waals surface area contributed by atoms with Gasteiger partial charge in [-0.05, 0) is 116 Å². The highest BCUT2D eigenvalue weighted by Gasteiger charge is 2.38. The summed E-state index contributed by atoms with van der Waals surface area (Å²) in [6.45, 7) is 11.6. The van der Waals surface area contributed by atoms with Crippen molar-refractivity contribution >= 4 is 74.9 Å². The van der Waals surface area contributed by atoms with Crippen LogP contribution in [-0.2, 0) is 38.6 Å². The Hall–Kier alpha value is -5.93. The summed E-state index contributed by atoms with van der Waals surface area (Å²) < 4.78 is 30.7. The van der Waals surface area contributed by atoms with Crippen LogP contribution in [0.3, 0.4) is 0 Å². The van der Waals surface area contributed by atoms with Gasteiger partial charge in [0, 0.05) is 70.2 Å². The predicted octanol–water partition coefficient (Wildman–Crippen LogP) is 10.7. The third-order valence-corrected chi connectivity index (χ3v) is 16.5. The van der Waals surface area contributed by atoms with E-state index in [-0.39, 0.29) is 29.8 Å². The van der Waals surface area contributed by atoms with Crippen LogP contribution in [0.15, 0.2) is 156 Å². The number of piperazine rings is 1. The van der Waals surface area contributed by atoms with E-state index in [2.05, 4.69) is 79.9 Å². The van der Waals surface area contributed by atoms with E-state index < -0.39 is 0 Å². The number of allylic oxidation sites excluding steroid dienone is 2. The number of benzene rings is 5. The topological polar surface area (TPSA) is 145 Å². The minimum atomic E-state index is -0.185. The Bertz CT molecular complexity index is 3180. The van der Waals surface area contributed by atoms with Gasteiger partial charge in [0.25, 0.3) is 5.91 Å². The maximum Gasteiger partial charge on any atom is 0.258 e. The molecule has 0 bridgehead atoms. The largest absolute Gasteiger partial charge is 0.487 e. The van der Waals surface area contributed by atoms with E-state index in [9.17, 15) is 4.79 Å². The minimum Gasteiger partial charge on any atom is -0.487 e. The SMILES string of the molecule is CN(CCCNc1nc(CN2CCN(C(c3ccc(Cl)cc3)c3ccc(Cl)cc3)CC2)nc2ccccc12)CCOCCOCCOCCOCCn1cc(COc2ccc(C(=O)N3c4ccccc4SC4C=CC(Cl)=CC43)cc2)nn1. The lowest BCUT2D eigenvalue weighted by Crippen LogP contribution is -2.48. The summed E-state index contributed by atoms with van der Waals surface area (Å²) in [7, 11) is 2.12. The maximum atomic E-state index is 13.9. The molecule has 2 atom stereocenters. The van der Waals surface area contributed by atoms with Gasteiger partial charge in [-0.2, -0.15) is 0 Å². The molecular weight excluding hydrogens is 1120 g/mol. The quantitative estimate of drug-likeness (QED) is 0.0444.